The molecule has 0 aromatic rings. The summed E-state index contributed by atoms with van der Waals surface area (Å²) in [5.74, 6) is 0. The molecule has 0 aliphatic carbocycles. The maximum atomic E-state index is 13.0. The molecule has 1 nitrogen and oxygen atoms in total. The van der Waals surface area contributed by atoms with Crippen molar-refractivity contribution >= 4 is 0 Å². The second-order valence-electron chi connectivity index (χ2n) is 4.57. The van der Waals surface area contributed by atoms with Crippen LogP contribution in [0.25, 0.3) is 0 Å². The van der Waals surface area contributed by atoms with E-state index in [2.05, 4.69) is 0 Å². The predicted octanol–water partition coefficient (Wildman–Crippen LogP) is 3.07. The summed E-state index contributed by atoms with van der Waals surface area (Å²) in [6.07, 6.45) is -6.05. The Kier molecular flexibility index (Phi) is 6.18. The Morgan fingerprint density at radius 1 is 0.550 bits per heavy atom. The van der Waals surface area contributed by atoms with Gasteiger partial charge >= 0.3 is 6.18 Å². The fourth-order valence-corrected chi connectivity index (χ4v) is 1.96. The second-order valence-corrected chi connectivity index (χ2v) is 4.57. The van der Waals surface area contributed by atoms with E-state index in [0.29, 0.717) is 0 Å². The minimum absolute atomic E-state index is 2.42. The Bertz CT molecular complexity index is 259. The van der Waals surface area contributed by atoms with E-state index in [0.717, 1.165) is 0 Å². The van der Waals surface area contributed by atoms with Gasteiger partial charge in [0.25, 0.3) is 0 Å². The van der Waals surface area contributed by atoms with E-state index in [9.17, 15) is 44.6 Å². The van der Waals surface area contributed by atoms with Crippen molar-refractivity contribution in [2.75, 3.05) is 40.0 Å². The lowest BCUT2D eigenvalue weighted by Crippen LogP contribution is -2.72. The maximum absolute atomic E-state index is 13.0. The van der Waals surface area contributed by atoms with Crippen LogP contribution in [0, 0.1) is 10.8 Å². The van der Waals surface area contributed by atoms with E-state index in [1.807, 2.05) is 0 Å². The van der Waals surface area contributed by atoms with Gasteiger partial charge in [0.05, 0.1) is 10.8 Å². The first-order chi connectivity index (χ1) is 9.11. The molecule has 0 amide bonds. The highest BCUT2D eigenvalue weighted by Gasteiger charge is 2.76. The van der Waals surface area contributed by atoms with Gasteiger partial charge in [-0.2, -0.15) is 13.2 Å². The largest absolute Gasteiger partial charge is 0.418 e. The van der Waals surface area contributed by atoms with Gasteiger partial charge < -0.3 is 5.11 Å². The molecule has 0 bridgehead atoms. The molecule has 0 atom stereocenters. The lowest BCUT2D eigenvalue weighted by Gasteiger charge is -2.51. The third-order valence-electron chi connectivity index (χ3n) is 3.48. The van der Waals surface area contributed by atoms with Crippen LogP contribution in [-0.4, -0.2) is 56.9 Å². The van der Waals surface area contributed by atoms with E-state index in [1.54, 1.807) is 0 Å². The van der Waals surface area contributed by atoms with Crippen LogP contribution in [-0.2, 0) is 0 Å². The Hall–Kier alpha value is -0.670. The Balaban J connectivity index is 6.40. The van der Waals surface area contributed by atoms with Crippen molar-refractivity contribution in [2.24, 2.45) is 10.8 Å². The molecule has 1 N–H and O–H groups in total. The molecule has 0 aliphatic heterocycles. The molecule has 20 heavy (non-hydrogen) atoms. The normalized spacial score (nSPS) is 14.7. The maximum Gasteiger partial charge on any atom is 0.418 e. The quantitative estimate of drug-likeness (QED) is 0.682. The third kappa shape index (κ3) is 2.35. The summed E-state index contributed by atoms with van der Waals surface area (Å²) in [5, 5.41) is 9.60. The van der Waals surface area contributed by atoms with E-state index >= 15 is 0 Å². The highest BCUT2D eigenvalue weighted by atomic mass is 19.4. The number of hydrogen-bond acceptors (Lipinski definition) is 1. The van der Waals surface area contributed by atoms with Crippen LogP contribution in [0.3, 0.4) is 0 Å². The average molecular weight is 320 g/mol. The molecule has 0 saturated heterocycles. The Morgan fingerprint density at radius 3 is 0.850 bits per heavy atom. The van der Waals surface area contributed by atoms with E-state index in [1.165, 1.54) is 0 Å². The first-order valence-electron chi connectivity index (χ1n) is 5.27. The highest BCUT2D eigenvalue weighted by Crippen LogP contribution is 2.55. The first-order valence-corrected chi connectivity index (χ1v) is 5.27. The first kappa shape index (κ1) is 19.3. The van der Waals surface area contributed by atoms with Crippen LogP contribution in [0.1, 0.15) is 0 Å². The molecule has 0 rings (SSSR count). The zero-order valence-electron chi connectivity index (χ0n) is 10.1. The summed E-state index contributed by atoms with van der Waals surface area (Å²) in [4.78, 5) is 0. The number of aliphatic hydroxyl groups is 1. The fourth-order valence-electron chi connectivity index (χ4n) is 1.96. The smallest absolute Gasteiger partial charge is 0.379 e. The molecule has 0 heterocycles. The molecular formula is C10H13F9O. The van der Waals surface area contributed by atoms with Crippen molar-refractivity contribution in [2.45, 2.75) is 11.8 Å². The van der Waals surface area contributed by atoms with Gasteiger partial charge in [0, 0.05) is 0 Å². The topological polar surface area (TPSA) is 20.2 Å². The van der Waals surface area contributed by atoms with E-state index in [4.69, 9.17) is 0 Å². The zero-order chi connectivity index (χ0) is 16.2. The summed E-state index contributed by atoms with van der Waals surface area (Å²) in [7, 11) is 0. The van der Waals surface area contributed by atoms with Gasteiger partial charge in [0.2, 0.25) is 0 Å². The summed E-state index contributed by atoms with van der Waals surface area (Å²) >= 11 is 0. The molecule has 0 saturated carbocycles. The van der Waals surface area contributed by atoms with E-state index in [-0.39, 0.29) is 0 Å². The molecule has 0 aromatic heterocycles. The van der Waals surface area contributed by atoms with Gasteiger partial charge in [-0.3, -0.25) is 26.3 Å². The van der Waals surface area contributed by atoms with Crippen molar-refractivity contribution in [3.63, 3.8) is 0 Å². The van der Waals surface area contributed by atoms with Crippen LogP contribution in [0.15, 0.2) is 0 Å². The van der Waals surface area contributed by atoms with E-state index < -0.39 is 62.7 Å². The molecule has 0 fully saturated rings. The molecule has 122 valence electrons. The minimum atomic E-state index is -6.05. The van der Waals surface area contributed by atoms with Crippen molar-refractivity contribution in [3.8, 4) is 0 Å². The number of halogens is 9. The summed E-state index contributed by atoms with van der Waals surface area (Å²) in [6.45, 7) is -14.5. The Labute approximate surface area is 108 Å². The summed E-state index contributed by atoms with van der Waals surface area (Å²) in [5.41, 5.74) is -12.6. The lowest BCUT2D eigenvalue weighted by molar-refractivity contribution is -0.357. The molecule has 0 spiro atoms. The number of hydrogen-bond donors (Lipinski definition) is 1. The average Bonchev–Trinajstić information content (AvgIpc) is 2.42. The molecule has 0 aliphatic rings. The Morgan fingerprint density at radius 2 is 0.750 bits per heavy atom. The van der Waals surface area contributed by atoms with Crippen molar-refractivity contribution in [1.82, 2.24) is 0 Å². The van der Waals surface area contributed by atoms with Gasteiger partial charge in [-0.1, -0.05) is 0 Å². The molecular weight excluding hydrogens is 307 g/mol. The monoisotopic (exact) mass is 320 g/mol. The fraction of sp³-hybridized carbons (Fsp3) is 1.00. The zero-order valence-corrected chi connectivity index (χ0v) is 10.1. The SMILES string of the molecule is OC(C(F)(F)F)(C(CF)(CF)CF)C(CF)(CF)CF. The van der Waals surface area contributed by atoms with Crippen molar-refractivity contribution in [1.29, 1.82) is 0 Å². The van der Waals surface area contributed by atoms with Gasteiger partial charge in [0.15, 0.2) is 5.60 Å². The molecule has 0 radical (unpaired) electrons. The van der Waals surface area contributed by atoms with Gasteiger partial charge in [-0.25, -0.2) is 0 Å². The second kappa shape index (κ2) is 6.40. The summed E-state index contributed by atoms with van der Waals surface area (Å²) < 4.78 is 116. The molecule has 0 unspecified atom stereocenters. The molecule has 0 aromatic carbocycles. The summed E-state index contributed by atoms with van der Waals surface area (Å²) in [6, 6.07) is 0. The van der Waals surface area contributed by atoms with Crippen LogP contribution >= 0.6 is 0 Å². The van der Waals surface area contributed by atoms with Crippen LogP contribution in [0.5, 0.6) is 0 Å². The third-order valence-corrected chi connectivity index (χ3v) is 3.48. The molecule has 10 heteroatoms. The minimum Gasteiger partial charge on any atom is -0.379 e. The predicted molar refractivity (Wildman–Crippen MR) is 51.7 cm³/mol. The van der Waals surface area contributed by atoms with Crippen molar-refractivity contribution in [3.05, 3.63) is 0 Å². The van der Waals surface area contributed by atoms with Gasteiger partial charge in [0.1, 0.15) is 40.0 Å². The number of rotatable bonds is 8. The van der Waals surface area contributed by atoms with Crippen LogP contribution in [0.4, 0.5) is 39.5 Å². The van der Waals surface area contributed by atoms with Gasteiger partial charge in [-0.05, 0) is 0 Å². The van der Waals surface area contributed by atoms with Gasteiger partial charge in [-0.15, -0.1) is 0 Å². The highest BCUT2D eigenvalue weighted by molar-refractivity contribution is 5.14. The van der Waals surface area contributed by atoms with Crippen molar-refractivity contribution < 1.29 is 44.6 Å². The number of alkyl halides is 9. The standard InChI is InChI=1S/C10H13F9O/c11-1-7(2-12,3-13)9(20,10(17,18)19)8(4-14,5-15)6-16/h20H,1-6H2. The van der Waals surface area contributed by atoms with Crippen LogP contribution in [0.2, 0.25) is 0 Å². The van der Waals surface area contributed by atoms with Crippen LogP contribution < -0.4 is 0 Å². The lowest BCUT2D eigenvalue weighted by atomic mass is 9.59.